The monoisotopic (exact) mass is 194 g/mol. The summed E-state index contributed by atoms with van der Waals surface area (Å²) >= 11 is 0. The van der Waals surface area contributed by atoms with Crippen LogP contribution >= 0.6 is 0 Å². The zero-order chi connectivity index (χ0) is 10.3. The topological polar surface area (TPSA) is 25.8 Å². The molecule has 3 aromatic rings. The van der Waals surface area contributed by atoms with Crippen LogP contribution in [0.4, 0.5) is 0 Å². The minimum Gasteiger partial charge on any atom is -0.264 e. The number of hydrogen-bond donors (Lipinski definition) is 0. The third-order valence-electron chi connectivity index (χ3n) is 2.56. The lowest BCUT2D eigenvalue weighted by Gasteiger charge is -2.01. The number of benzene rings is 1. The fraction of sp³-hybridized carbons (Fsp3) is 0.0769. The fourth-order valence-electron chi connectivity index (χ4n) is 1.80. The minimum absolute atomic E-state index is 1.00. The number of hydrogen-bond acceptors (Lipinski definition) is 2. The maximum atomic E-state index is 4.58. The Morgan fingerprint density at radius 1 is 0.933 bits per heavy atom. The standard InChI is InChI=1S/C13H10N2/c1-9-2-3-12-10(6-9)7-11-8-14-5-4-13(11)15-12/h2-8H,1H3. The van der Waals surface area contributed by atoms with Crippen LogP contribution in [0.3, 0.4) is 0 Å². The largest absolute Gasteiger partial charge is 0.264 e. The van der Waals surface area contributed by atoms with Gasteiger partial charge in [0.15, 0.2) is 0 Å². The Morgan fingerprint density at radius 2 is 1.80 bits per heavy atom. The summed E-state index contributed by atoms with van der Waals surface area (Å²) in [4.78, 5) is 8.68. The van der Waals surface area contributed by atoms with Crippen LogP contribution in [0.5, 0.6) is 0 Å². The molecule has 0 aliphatic carbocycles. The van der Waals surface area contributed by atoms with E-state index in [9.17, 15) is 0 Å². The van der Waals surface area contributed by atoms with Gasteiger partial charge in [0, 0.05) is 23.2 Å². The van der Waals surface area contributed by atoms with Crippen molar-refractivity contribution in [3.63, 3.8) is 0 Å². The molecule has 1 aromatic carbocycles. The van der Waals surface area contributed by atoms with E-state index in [1.807, 2.05) is 12.3 Å². The molecule has 0 unspecified atom stereocenters. The molecule has 2 heterocycles. The Kier molecular flexibility index (Phi) is 1.68. The van der Waals surface area contributed by atoms with Gasteiger partial charge in [0.1, 0.15) is 0 Å². The van der Waals surface area contributed by atoms with Crippen molar-refractivity contribution in [3.8, 4) is 0 Å². The Balaban J connectivity index is 2.47. The van der Waals surface area contributed by atoms with E-state index in [4.69, 9.17) is 0 Å². The predicted octanol–water partition coefficient (Wildman–Crippen LogP) is 3.09. The number of aromatic nitrogens is 2. The van der Waals surface area contributed by atoms with Gasteiger partial charge in [-0.2, -0.15) is 0 Å². The lowest BCUT2D eigenvalue weighted by molar-refractivity contribution is 1.34. The first-order valence-corrected chi connectivity index (χ1v) is 4.94. The molecular weight excluding hydrogens is 184 g/mol. The predicted molar refractivity (Wildman–Crippen MR) is 61.8 cm³/mol. The fourth-order valence-corrected chi connectivity index (χ4v) is 1.80. The Hall–Kier alpha value is -1.96. The van der Waals surface area contributed by atoms with E-state index in [0.29, 0.717) is 0 Å². The number of pyridine rings is 2. The lowest BCUT2D eigenvalue weighted by Crippen LogP contribution is -1.83. The Morgan fingerprint density at radius 3 is 2.73 bits per heavy atom. The maximum absolute atomic E-state index is 4.58. The summed E-state index contributed by atoms with van der Waals surface area (Å²) in [5, 5.41) is 2.27. The van der Waals surface area contributed by atoms with Gasteiger partial charge in [0.25, 0.3) is 0 Å². The molecule has 15 heavy (non-hydrogen) atoms. The maximum Gasteiger partial charge on any atom is 0.0740 e. The molecule has 0 aliphatic heterocycles. The molecular formula is C13H10N2. The highest BCUT2D eigenvalue weighted by atomic mass is 14.7. The molecule has 0 N–H and O–H groups in total. The molecule has 0 spiro atoms. The number of rotatable bonds is 0. The number of nitrogens with zero attached hydrogens (tertiary/aromatic N) is 2. The van der Waals surface area contributed by atoms with Crippen molar-refractivity contribution < 1.29 is 0 Å². The third-order valence-corrected chi connectivity index (χ3v) is 2.56. The molecule has 0 saturated carbocycles. The normalized spacial score (nSPS) is 11.0. The molecule has 0 fully saturated rings. The third kappa shape index (κ3) is 1.34. The molecule has 0 saturated heterocycles. The summed E-state index contributed by atoms with van der Waals surface area (Å²) < 4.78 is 0. The molecule has 0 amide bonds. The first-order chi connectivity index (χ1) is 7.33. The van der Waals surface area contributed by atoms with Gasteiger partial charge in [-0.25, -0.2) is 4.98 Å². The zero-order valence-electron chi connectivity index (χ0n) is 8.44. The first-order valence-electron chi connectivity index (χ1n) is 4.94. The second-order valence-corrected chi connectivity index (χ2v) is 3.75. The van der Waals surface area contributed by atoms with Crippen LogP contribution in [0.15, 0.2) is 42.7 Å². The van der Waals surface area contributed by atoms with Gasteiger partial charge in [-0.1, -0.05) is 11.6 Å². The van der Waals surface area contributed by atoms with Crippen molar-refractivity contribution in [1.29, 1.82) is 0 Å². The van der Waals surface area contributed by atoms with Crippen molar-refractivity contribution in [1.82, 2.24) is 9.97 Å². The molecule has 0 radical (unpaired) electrons. The highest BCUT2D eigenvalue weighted by molar-refractivity contribution is 5.92. The van der Waals surface area contributed by atoms with Gasteiger partial charge in [-0.15, -0.1) is 0 Å². The molecule has 2 nitrogen and oxygen atoms in total. The van der Waals surface area contributed by atoms with Crippen LogP contribution in [0.1, 0.15) is 5.56 Å². The van der Waals surface area contributed by atoms with E-state index >= 15 is 0 Å². The molecule has 2 heteroatoms. The summed E-state index contributed by atoms with van der Waals surface area (Å²) in [7, 11) is 0. The van der Waals surface area contributed by atoms with Gasteiger partial charge >= 0.3 is 0 Å². The van der Waals surface area contributed by atoms with Crippen LogP contribution in [-0.4, -0.2) is 9.97 Å². The van der Waals surface area contributed by atoms with Gasteiger partial charge in [-0.3, -0.25) is 4.98 Å². The summed E-state index contributed by atoms with van der Waals surface area (Å²) in [5.41, 5.74) is 3.30. The van der Waals surface area contributed by atoms with Crippen molar-refractivity contribution >= 4 is 21.8 Å². The Bertz CT molecular complexity index is 644. The van der Waals surface area contributed by atoms with Crippen LogP contribution in [0.2, 0.25) is 0 Å². The van der Waals surface area contributed by atoms with E-state index < -0.39 is 0 Å². The summed E-state index contributed by atoms with van der Waals surface area (Å²) in [6.07, 6.45) is 3.62. The molecule has 0 atom stereocenters. The van der Waals surface area contributed by atoms with Crippen LogP contribution < -0.4 is 0 Å². The number of aryl methyl sites for hydroxylation is 1. The quantitative estimate of drug-likeness (QED) is 0.514. The average Bonchev–Trinajstić information content (AvgIpc) is 2.26. The van der Waals surface area contributed by atoms with Gasteiger partial charge in [0.05, 0.1) is 11.0 Å². The van der Waals surface area contributed by atoms with Gasteiger partial charge < -0.3 is 0 Å². The molecule has 0 aliphatic rings. The minimum atomic E-state index is 1.00. The summed E-state index contributed by atoms with van der Waals surface area (Å²) in [5.74, 6) is 0. The Labute approximate surface area is 87.6 Å². The summed E-state index contributed by atoms with van der Waals surface area (Å²) in [6, 6.07) is 10.4. The van der Waals surface area contributed by atoms with Crippen molar-refractivity contribution in [2.24, 2.45) is 0 Å². The molecule has 0 bridgehead atoms. The van der Waals surface area contributed by atoms with Crippen molar-refractivity contribution in [2.45, 2.75) is 6.92 Å². The van der Waals surface area contributed by atoms with E-state index in [-0.39, 0.29) is 0 Å². The SMILES string of the molecule is Cc1ccc2nc3ccncc3cc2c1. The van der Waals surface area contributed by atoms with Crippen LogP contribution in [0, 0.1) is 6.92 Å². The second kappa shape index (κ2) is 3.02. The zero-order valence-corrected chi connectivity index (χ0v) is 8.44. The molecule has 72 valence electrons. The second-order valence-electron chi connectivity index (χ2n) is 3.75. The van der Waals surface area contributed by atoms with E-state index in [1.54, 1.807) is 6.20 Å². The van der Waals surface area contributed by atoms with Gasteiger partial charge in [0.2, 0.25) is 0 Å². The highest BCUT2D eigenvalue weighted by Gasteiger charge is 1.99. The van der Waals surface area contributed by atoms with E-state index in [1.165, 1.54) is 10.9 Å². The molecule has 2 aromatic heterocycles. The smallest absolute Gasteiger partial charge is 0.0740 e. The van der Waals surface area contributed by atoms with Gasteiger partial charge in [-0.05, 0) is 31.2 Å². The van der Waals surface area contributed by atoms with Crippen LogP contribution in [0.25, 0.3) is 21.8 Å². The van der Waals surface area contributed by atoms with Crippen molar-refractivity contribution in [3.05, 3.63) is 48.3 Å². The summed E-state index contributed by atoms with van der Waals surface area (Å²) in [6.45, 7) is 2.09. The van der Waals surface area contributed by atoms with Crippen LogP contribution in [-0.2, 0) is 0 Å². The first kappa shape index (κ1) is 8.36. The van der Waals surface area contributed by atoms with E-state index in [2.05, 4.69) is 41.2 Å². The van der Waals surface area contributed by atoms with E-state index in [0.717, 1.165) is 16.4 Å². The van der Waals surface area contributed by atoms with Crippen molar-refractivity contribution in [2.75, 3.05) is 0 Å². The molecule has 3 rings (SSSR count). The number of fused-ring (bicyclic) bond motifs is 2. The highest BCUT2D eigenvalue weighted by Crippen LogP contribution is 2.19. The average molecular weight is 194 g/mol. The lowest BCUT2D eigenvalue weighted by atomic mass is 10.1.